The largest absolute Gasteiger partial charge is 0.482 e. The van der Waals surface area contributed by atoms with E-state index < -0.39 is 46.7 Å². The number of nitrogens with zero attached hydrogens (tertiary/aromatic N) is 5. The van der Waals surface area contributed by atoms with Crippen LogP contribution in [0.15, 0.2) is 98.2 Å². The normalized spacial score (nSPS) is 10.7. The van der Waals surface area contributed by atoms with Crippen LogP contribution in [0.5, 0.6) is 34.6 Å². The molecule has 0 amide bonds. The molecule has 336 valence electrons. The molecule has 20 heteroatoms. The van der Waals surface area contributed by atoms with Crippen LogP contribution in [0.1, 0.15) is 38.1 Å². The third kappa shape index (κ3) is 11.3. The summed E-state index contributed by atoms with van der Waals surface area (Å²) >= 11 is 12.3. The summed E-state index contributed by atoms with van der Waals surface area (Å²) in [5.41, 5.74) is -2.62. The van der Waals surface area contributed by atoms with Crippen molar-refractivity contribution >= 4 is 35.0 Å². The van der Waals surface area contributed by atoms with E-state index in [1.165, 1.54) is 53.7 Å². The van der Waals surface area contributed by atoms with Crippen molar-refractivity contribution in [1.29, 1.82) is 0 Å². The predicted molar refractivity (Wildman–Crippen MR) is 232 cm³/mol. The van der Waals surface area contributed by atoms with Crippen molar-refractivity contribution in [1.82, 2.24) is 23.3 Å². The summed E-state index contributed by atoms with van der Waals surface area (Å²) < 4.78 is 60.4. The third-order valence-corrected chi connectivity index (χ3v) is 9.77. The molecule has 0 saturated carbocycles. The van der Waals surface area contributed by atoms with Gasteiger partial charge in [0, 0.05) is 62.4 Å². The van der Waals surface area contributed by atoms with Crippen LogP contribution >= 0.6 is 23.2 Å². The molecule has 0 radical (unpaired) electrons. The monoisotopic (exact) mass is 923 g/mol. The molecule has 0 aliphatic heterocycles. The van der Waals surface area contributed by atoms with Gasteiger partial charge in [0.1, 0.15) is 29.7 Å². The van der Waals surface area contributed by atoms with E-state index in [4.69, 9.17) is 46.9 Å². The highest BCUT2D eigenvalue weighted by atomic mass is 35.5. The van der Waals surface area contributed by atoms with Crippen LogP contribution in [0.2, 0.25) is 10.0 Å². The summed E-state index contributed by atoms with van der Waals surface area (Å²) in [6.07, 6.45) is 2.53. The molecule has 64 heavy (non-hydrogen) atoms. The van der Waals surface area contributed by atoms with Crippen LogP contribution in [-0.4, -0.2) is 54.8 Å². The number of para-hydroxylation sites is 2. The maximum Gasteiger partial charge on any atom is 0.344 e. The van der Waals surface area contributed by atoms with Crippen molar-refractivity contribution in [3.63, 3.8) is 0 Å². The highest BCUT2D eigenvalue weighted by molar-refractivity contribution is 6.32. The van der Waals surface area contributed by atoms with Crippen molar-refractivity contribution < 1.29 is 42.1 Å². The van der Waals surface area contributed by atoms with E-state index >= 15 is 0 Å². The Balaban J connectivity index is 0.000000241. The lowest BCUT2D eigenvalue weighted by molar-refractivity contribution is -0.145. The number of hydrogen-bond donors (Lipinski definition) is 0. The lowest BCUT2D eigenvalue weighted by atomic mass is 10.2. The molecule has 0 fully saturated rings. The molecular weight excluding hydrogens is 883 g/mol. The zero-order chi connectivity index (χ0) is 46.8. The zero-order valence-corrected chi connectivity index (χ0v) is 36.8. The molecule has 3 aromatic heterocycles. The smallest absolute Gasteiger partial charge is 0.344 e. The second-order valence-electron chi connectivity index (χ2n) is 13.7. The Labute approximate surface area is 373 Å². The first-order valence-corrected chi connectivity index (χ1v) is 20.1. The van der Waals surface area contributed by atoms with E-state index in [-0.39, 0.29) is 69.3 Å². The topological polar surface area (TPSA) is 181 Å². The van der Waals surface area contributed by atoms with Gasteiger partial charge >= 0.3 is 17.3 Å². The average Bonchev–Trinajstić information content (AvgIpc) is 3.25. The third-order valence-electron chi connectivity index (χ3n) is 9.18. The van der Waals surface area contributed by atoms with E-state index in [1.54, 1.807) is 51.1 Å². The molecule has 3 aromatic carbocycles. The van der Waals surface area contributed by atoms with Crippen LogP contribution < -0.4 is 41.4 Å². The first-order chi connectivity index (χ1) is 30.4. The Bertz CT molecular complexity index is 2770. The van der Waals surface area contributed by atoms with E-state index in [0.717, 1.165) is 18.2 Å². The molecule has 0 aliphatic rings. The van der Waals surface area contributed by atoms with Gasteiger partial charge in [-0.1, -0.05) is 42.3 Å². The van der Waals surface area contributed by atoms with Gasteiger partial charge in [0.05, 0.1) is 28.0 Å². The Morgan fingerprint density at radius 2 is 1.16 bits per heavy atom. The number of ketones is 1. The van der Waals surface area contributed by atoms with E-state index in [1.807, 2.05) is 6.92 Å². The molecule has 3 heterocycles. The van der Waals surface area contributed by atoms with Crippen LogP contribution in [-0.2, 0) is 28.4 Å². The van der Waals surface area contributed by atoms with Crippen molar-refractivity contribution in [2.45, 2.75) is 40.5 Å². The first-order valence-electron chi connectivity index (χ1n) is 19.4. The molecule has 0 saturated heterocycles. The van der Waals surface area contributed by atoms with Gasteiger partial charge in [0.25, 0.3) is 17.0 Å². The fraction of sp³-hybridized carbons (Fsp3) is 0.250. The number of Topliss-reactive ketones (excluding diaryl/α,β-unsaturated/α-hetero) is 1. The van der Waals surface area contributed by atoms with Gasteiger partial charge in [-0.15, -0.1) is 0 Å². The Kier molecular flexibility index (Phi) is 16.0. The Hall–Kier alpha value is -7.05. The number of halogens is 4. The highest BCUT2D eigenvalue weighted by Crippen LogP contribution is 2.38. The second kappa shape index (κ2) is 21.4. The number of pyridine rings is 1. The Morgan fingerprint density at radius 1 is 0.656 bits per heavy atom. The van der Waals surface area contributed by atoms with Gasteiger partial charge in [-0.3, -0.25) is 14.4 Å². The molecule has 0 unspecified atom stereocenters. The summed E-state index contributed by atoms with van der Waals surface area (Å²) in [5, 5.41) is -0.191. The fourth-order valence-corrected chi connectivity index (χ4v) is 6.12. The maximum atomic E-state index is 14.7. The van der Waals surface area contributed by atoms with Gasteiger partial charge in [-0.25, -0.2) is 37.3 Å². The molecule has 0 spiro atoms. The summed E-state index contributed by atoms with van der Waals surface area (Å²) in [4.78, 5) is 77.4. The van der Waals surface area contributed by atoms with Gasteiger partial charge < -0.3 is 32.8 Å². The minimum Gasteiger partial charge on any atom is -0.482 e. The predicted octanol–water partition coefficient (Wildman–Crippen LogP) is 6.94. The molecule has 6 aromatic rings. The molecule has 6 rings (SSSR count). The van der Waals surface area contributed by atoms with E-state index in [0.29, 0.717) is 39.1 Å². The van der Waals surface area contributed by atoms with Gasteiger partial charge in [-0.2, -0.15) is 0 Å². The number of carbonyl (C=O) groups is 2. The van der Waals surface area contributed by atoms with Gasteiger partial charge in [0.15, 0.2) is 29.6 Å². The van der Waals surface area contributed by atoms with Crippen molar-refractivity contribution in [2.24, 2.45) is 14.1 Å². The van der Waals surface area contributed by atoms with Crippen LogP contribution in [0.25, 0.3) is 11.4 Å². The minimum atomic E-state index is -0.893. The van der Waals surface area contributed by atoms with E-state index in [2.05, 4.69) is 4.98 Å². The number of aryl methyl sites for hydroxylation is 2. The van der Waals surface area contributed by atoms with Crippen molar-refractivity contribution in [2.75, 3.05) is 19.8 Å². The van der Waals surface area contributed by atoms with Crippen molar-refractivity contribution in [3.05, 3.63) is 154 Å². The maximum absolute atomic E-state index is 14.7. The zero-order valence-electron chi connectivity index (χ0n) is 35.3. The number of benzene rings is 3. The summed E-state index contributed by atoms with van der Waals surface area (Å²) in [5.74, 6) is -1.90. The minimum absolute atomic E-state index is 0.00790. The highest BCUT2D eigenvalue weighted by Gasteiger charge is 2.20. The van der Waals surface area contributed by atoms with Crippen LogP contribution in [0, 0.1) is 25.5 Å². The quantitative estimate of drug-likeness (QED) is 0.0970. The average molecular weight is 925 g/mol. The van der Waals surface area contributed by atoms with Gasteiger partial charge in [-0.05, 0) is 63.6 Å². The molecule has 0 N–H and O–H groups in total. The first kappa shape index (κ1) is 48.0. The number of hydrogen-bond acceptors (Lipinski definition) is 12. The summed E-state index contributed by atoms with van der Waals surface area (Å²) in [6.45, 7) is 6.41. The molecule has 16 nitrogen and oxygen atoms in total. The summed E-state index contributed by atoms with van der Waals surface area (Å²) in [7, 11) is 2.94. The SMILES string of the molecule is CCCC(=O)COc1ccccc1Oc1cc(-n2c(=O)cc(C)n(C)c2=O)c(F)cc1Cl.CCOC(=O)COc1ncccc1Oc1cc(-n2c(=O)cc(C)n(C)c2=O)c(F)cc1Cl. The number of esters is 1. The molecular formula is C44H41Cl2F2N5O11. The molecule has 0 bridgehead atoms. The fourth-order valence-electron chi connectivity index (χ4n) is 5.74. The lowest BCUT2D eigenvalue weighted by Crippen LogP contribution is -2.38. The molecule has 0 aliphatic carbocycles. The van der Waals surface area contributed by atoms with Gasteiger partial charge in [0.2, 0.25) is 0 Å². The van der Waals surface area contributed by atoms with Crippen molar-refractivity contribution in [3.8, 4) is 46.0 Å². The van der Waals surface area contributed by atoms with Crippen LogP contribution in [0.3, 0.4) is 0 Å². The standard InChI is InChI=1S/C23H22ClFN2O5.C21H19ClFN3O6/c1-4-7-15(28)13-31-19-8-5-6-9-20(19)32-21-12-18(17(25)11-16(21)24)27-22(29)10-14(2)26(3)23(27)30;1-4-30-19(28)11-31-20-16(6-5-7-24-20)32-17-10-15(14(23)9-13(17)22)26-18(27)8-12(2)25(3)21(26)29/h5-6,8-12H,4,7,13H2,1-3H3;5-10H,4,11H2,1-3H3. The number of ether oxygens (including phenoxy) is 5. The number of carbonyl (C=O) groups excluding carboxylic acids is 2. The Morgan fingerprint density at radius 3 is 1.67 bits per heavy atom. The number of aromatic nitrogens is 5. The summed E-state index contributed by atoms with van der Waals surface area (Å²) in [6, 6.07) is 16.3. The lowest BCUT2D eigenvalue weighted by Gasteiger charge is -2.15. The van der Waals surface area contributed by atoms with E-state index in [9.17, 15) is 37.5 Å². The van der Waals surface area contributed by atoms with Crippen LogP contribution in [0.4, 0.5) is 8.78 Å². The second-order valence-corrected chi connectivity index (χ2v) is 14.5. The molecule has 0 atom stereocenters. The number of rotatable bonds is 15.